The van der Waals surface area contributed by atoms with Crippen LogP contribution < -0.4 is 5.73 Å². The molecule has 1 aliphatic carbocycles. The Morgan fingerprint density at radius 1 is 1.30 bits per heavy atom. The van der Waals surface area contributed by atoms with E-state index in [9.17, 15) is 18.3 Å². The van der Waals surface area contributed by atoms with Crippen LogP contribution in [0.1, 0.15) is 42.4 Å². The maximum Gasteiger partial charge on any atom is 0.416 e. The van der Waals surface area contributed by atoms with Gasteiger partial charge in [0, 0.05) is 12.0 Å². The van der Waals surface area contributed by atoms with Gasteiger partial charge in [0.1, 0.15) is 0 Å². The number of rotatable bonds is 2. The Hall–Kier alpha value is -1.07. The molecule has 0 atom stereocenters. The average Bonchev–Trinajstić information content (AvgIpc) is 2.39. The van der Waals surface area contributed by atoms with Crippen LogP contribution in [0.5, 0.6) is 0 Å². The Morgan fingerprint density at radius 3 is 2.40 bits per heavy atom. The lowest BCUT2D eigenvalue weighted by atomic mass is 9.68. The van der Waals surface area contributed by atoms with Gasteiger partial charge < -0.3 is 10.8 Å². The van der Waals surface area contributed by atoms with E-state index in [1.54, 1.807) is 6.07 Å². The lowest BCUT2D eigenvalue weighted by Gasteiger charge is -2.39. The van der Waals surface area contributed by atoms with Crippen molar-refractivity contribution in [2.75, 3.05) is 6.54 Å². The molecule has 0 bridgehead atoms. The molecule has 112 valence electrons. The van der Waals surface area contributed by atoms with Crippen LogP contribution in [-0.4, -0.2) is 17.8 Å². The molecular formula is C15H20F3NO. The summed E-state index contributed by atoms with van der Waals surface area (Å²) in [6.45, 7) is 1.77. The zero-order valence-electron chi connectivity index (χ0n) is 11.5. The van der Waals surface area contributed by atoms with Crippen LogP contribution >= 0.6 is 0 Å². The van der Waals surface area contributed by atoms with Gasteiger partial charge >= 0.3 is 6.18 Å². The first kappa shape index (κ1) is 15.3. The fraction of sp³-hybridized carbons (Fsp3) is 0.600. The predicted molar refractivity (Wildman–Crippen MR) is 71.4 cm³/mol. The summed E-state index contributed by atoms with van der Waals surface area (Å²) in [5.74, 6) is 0. The maximum absolute atomic E-state index is 13.0. The van der Waals surface area contributed by atoms with E-state index >= 15 is 0 Å². The number of benzene rings is 1. The standard InChI is InChI=1S/C15H20F3NO/c1-10-2-3-11(8-13(10)15(16,17)18)14(9-19)6-4-12(20)5-7-14/h2-3,8,12,20H,4-7,9,19H2,1H3. The van der Waals surface area contributed by atoms with E-state index in [-0.39, 0.29) is 11.7 Å². The molecule has 1 aromatic carbocycles. The molecule has 2 rings (SSSR count). The van der Waals surface area contributed by atoms with E-state index in [1.807, 2.05) is 0 Å². The quantitative estimate of drug-likeness (QED) is 0.877. The number of aliphatic hydroxyl groups excluding tert-OH is 1. The highest BCUT2D eigenvalue weighted by atomic mass is 19.4. The first-order valence-electron chi connectivity index (χ1n) is 6.85. The van der Waals surface area contributed by atoms with Crippen LogP contribution in [0.3, 0.4) is 0 Å². The van der Waals surface area contributed by atoms with Crippen molar-refractivity contribution in [3.8, 4) is 0 Å². The zero-order chi connectivity index (χ0) is 15.0. The van der Waals surface area contributed by atoms with E-state index < -0.39 is 17.2 Å². The van der Waals surface area contributed by atoms with Gasteiger partial charge in [-0.1, -0.05) is 12.1 Å². The van der Waals surface area contributed by atoms with Crippen molar-refractivity contribution in [3.05, 3.63) is 34.9 Å². The third-order valence-electron chi connectivity index (χ3n) is 4.46. The largest absolute Gasteiger partial charge is 0.416 e. The number of aliphatic hydroxyl groups is 1. The predicted octanol–water partition coefficient (Wildman–Crippen LogP) is 3.15. The van der Waals surface area contributed by atoms with Gasteiger partial charge in [-0.25, -0.2) is 0 Å². The number of halogens is 3. The number of hydrogen-bond acceptors (Lipinski definition) is 2. The van der Waals surface area contributed by atoms with Crippen molar-refractivity contribution < 1.29 is 18.3 Å². The second-order valence-corrected chi connectivity index (χ2v) is 5.74. The van der Waals surface area contributed by atoms with Crippen LogP contribution in [0, 0.1) is 6.92 Å². The summed E-state index contributed by atoms with van der Waals surface area (Å²) >= 11 is 0. The molecule has 1 fully saturated rings. The molecule has 0 aromatic heterocycles. The Kier molecular flexibility index (Phi) is 4.12. The minimum atomic E-state index is -4.34. The molecule has 1 aliphatic rings. The normalized spacial score (nSPS) is 27.6. The monoisotopic (exact) mass is 287 g/mol. The molecule has 0 spiro atoms. The summed E-state index contributed by atoms with van der Waals surface area (Å²) in [4.78, 5) is 0. The van der Waals surface area contributed by atoms with Crippen LogP contribution in [0.4, 0.5) is 13.2 Å². The minimum Gasteiger partial charge on any atom is -0.393 e. The lowest BCUT2D eigenvalue weighted by molar-refractivity contribution is -0.138. The molecule has 0 aliphatic heterocycles. The molecule has 0 heterocycles. The lowest BCUT2D eigenvalue weighted by Crippen LogP contribution is -2.40. The molecule has 0 unspecified atom stereocenters. The topological polar surface area (TPSA) is 46.2 Å². The highest BCUT2D eigenvalue weighted by Gasteiger charge is 2.38. The van der Waals surface area contributed by atoms with Gasteiger partial charge in [0.2, 0.25) is 0 Å². The van der Waals surface area contributed by atoms with Crippen molar-refractivity contribution in [3.63, 3.8) is 0 Å². The molecular weight excluding hydrogens is 267 g/mol. The molecule has 1 saturated carbocycles. The molecule has 3 N–H and O–H groups in total. The third kappa shape index (κ3) is 2.83. The molecule has 1 aromatic rings. The number of hydrogen-bond donors (Lipinski definition) is 2. The molecule has 0 amide bonds. The highest BCUT2D eigenvalue weighted by Crippen LogP contribution is 2.41. The van der Waals surface area contributed by atoms with Crippen LogP contribution in [0.15, 0.2) is 18.2 Å². The summed E-state index contributed by atoms with van der Waals surface area (Å²) in [6, 6.07) is 4.50. The summed E-state index contributed by atoms with van der Waals surface area (Å²) < 4.78 is 39.0. The third-order valence-corrected chi connectivity index (χ3v) is 4.46. The van der Waals surface area contributed by atoms with Gasteiger partial charge in [-0.05, 0) is 49.8 Å². The van der Waals surface area contributed by atoms with Gasteiger partial charge in [-0.2, -0.15) is 13.2 Å². The molecule has 0 saturated heterocycles. The van der Waals surface area contributed by atoms with Crippen molar-refractivity contribution >= 4 is 0 Å². The van der Waals surface area contributed by atoms with E-state index in [0.29, 0.717) is 37.8 Å². The van der Waals surface area contributed by atoms with E-state index in [4.69, 9.17) is 5.73 Å². The van der Waals surface area contributed by atoms with Gasteiger partial charge in [-0.3, -0.25) is 0 Å². The van der Waals surface area contributed by atoms with Crippen molar-refractivity contribution in [2.45, 2.75) is 50.3 Å². The smallest absolute Gasteiger partial charge is 0.393 e. The second-order valence-electron chi connectivity index (χ2n) is 5.74. The van der Waals surface area contributed by atoms with E-state index in [0.717, 1.165) is 0 Å². The average molecular weight is 287 g/mol. The van der Waals surface area contributed by atoms with Crippen molar-refractivity contribution in [2.24, 2.45) is 5.73 Å². The highest BCUT2D eigenvalue weighted by molar-refractivity contribution is 5.38. The second kappa shape index (κ2) is 5.37. The SMILES string of the molecule is Cc1ccc(C2(CN)CCC(O)CC2)cc1C(F)(F)F. The molecule has 20 heavy (non-hydrogen) atoms. The van der Waals surface area contributed by atoms with Crippen molar-refractivity contribution in [1.82, 2.24) is 0 Å². The Balaban J connectivity index is 2.41. The summed E-state index contributed by atoms with van der Waals surface area (Å²) in [7, 11) is 0. The fourth-order valence-corrected chi connectivity index (χ4v) is 3.02. The van der Waals surface area contributed by atoms with Gasteiger partial charge in [0.25, 0.3) is 0 Å². The zero-order valence-corrected chi connectivity index (χ0v) is 11.5. The number of nitrogens with two attached hydrogens (primary N) is 1. The van der Waals surface area contributed by atoms with Crippen LogP contribution in [0.2, 0.25) is 0 Å². The number of alkyl halides is 3. The van der Waals surface area contributed by atoms with E-state index in [2.05, 4.69) is 0 Å². The fourth-order valence-electron chi connectivity index (χ4n) is 3.02. The maximum atomic E-state index is 13.0. The minimum absolute atomic E-state index is 0.226. The van der Waals surface area contributed by atoms with E-state index in [1.165, 1.54) is 19.1 Å². The Morgan fingerprint density at radius 2 is 1.90 bits per heavy atom. The number of aryl methyl sites for hydroxylation is 1. The van der Waals surface area contributed by atoms with Crippen LogP contribution in [-0.2, 0) is 11.6 Å². The van der Waals surface area contributed by atoms with Crippen LogP contribution in [0.25, 0.3) is 0 Å². The summed E-state index contributed by atoms with van der Waals surface area (Å²) in [6.07, 6.45) is -2.26. The summed E-state index contributed by atoms with van der Waals surface area (Å²) in [5.41, 5.74) is 5.69. The first-order valence-corrected chi connectivity index (χ1v) is 6.85. The Bertz CT molecular complexity index is 476. The molecule has 0 radical (unpaired) electrons. The molecule has 5 heteroatoms. The van der Waals surface area contributed by atoms with Gasteiger partial charge in [-0.15, -0.1) is 0 Å². The van der Waals surface area contributed by atoms with Gasteiger partial charge in [0.15, 0.2) is 0 Å². The first-order chi connectivity index (χ1) is 9.28. The summed E-state index contributed by atoms with van der Waals surface area (Å²) in [5, 5.41) is 9.59. The van der Waals surface area contributed by atoms with Crippen molar-refractivity contribution in [1.29, 1.82) is 0 Å². The Labute approximate surface area is 116 Å². The molecule has 2 nitrogen and oxygen atoms in total. The van der Waals surface area contributed by atoms with Gasteiger partial charge in [0.05, 0.1) is 11.7 Å².